The van der Waals surface area contributed by atoms with Gasteiger partial charge in [-0.15, -0.1) is 0 Å². The minimum absolute atomic E-state index is 0.631. The Morgan fingerprint density at radius 3 is 2.45 bits per heavy atom. The SMILES string of the molecule is CCCN(C=O)CC(C)CC. The maximum absolute atomic E-state index is 10.5. The maximum Gasteiger partial charge on any atom is 0.209 e. The van der Waals surface area contributed by atoms with Crippen molar-refractivity contribution in [2.45, 2.75) is 33.6 Å². The van der Waals surface area contributed by atoms with Gasteiger partial charge in [0.2, 0.25) is 6.41 Å². The molecule has 0 rings (SSSR count). The minimum Gasteiger partial charge on any atom is -0.345 e. The lowest BCUT2D eigenvalue weighted by Crippen LogP contribution is -2.27. The van der Waals surface area contributed by atoms with Gasteiger partial charge in [-0.25, -0.2) is 0 Å². The summed E-state index contributed by atoms with van der Waals surface area (Å²) in [4.78, 5) is 12.3. The normalized spacial score (nSPS) is 12.6. The van der Waals surface area contributed by atoms with Gasteiger partial charge < -0.3 is 4.90 Å². The molecule has 0 saturated heterocycles. The van der Waals surface area contributed by atoms with Crippen LogP contribution in [0.1, 0.15) is 33.6 Å². The fourth-order valence-electron chi connectivity index (χ4n) is 1.00. The van der Waals surface area contributed by atoms with Gasteiger partial charge in [0.15, 0.2) is 0 Å². The zero-order valence-corrected chi connectivity index (χ0v) is 7.84. The van der Waals surface area contributed by atoms with Crippen LogP contribution in [0.3, 0.4) is 0 Å². The van der Waals surface area contributed by atoms with Crippen LogP contribution in [0.15, 0.2) is 0 Å². The molecule has 2 heteroatoms. The van der Waals surface area contributed by atoms with Crippen molar-refractivity contribution < 1.29 is 4.79 Å². The molecule has 0 heterocycles. The third-order valence-corrected chi connectivity index (χ3v) is 1.90. The van der Waals surface area contributed by atoms with E-state index in [2.05, 4.69) is 20.8 Å². The highest BCUT2D eigenvalue weighted by Crippen LogP contribution is 2.02. The summed E-state index contributed by atoms with van der Waals surface area (Å²) >= 11 is 0. The van der Waals surface area contributed by atoms with Crippen LogP contribution in [0.25, 0.3) is 0 Å². The second kappa shape index (κ2) is 6.20. The van der Waals surface area contributed by atoms with Crippen molar-refractivity contribution in [2.24, 2.45) is 5.92 Å². The molecule has 0 saturated carbocycles. The van der Waals surface area contributed by atoms with Gasteiger partial charge >= 0.3 is 0 Å². The van der Waals surface area contributed by atoms with Crippen LogP contribution < -0.4 is 0 Å². The van der Waals surface area contributed by atoms with Gasteiger partial charge in [-0.2, -0.15) is 0 Å². The van der Waals surface area contributed by atoms with Gasteiger partial charge in [0, 0.05) is 13.1 Å². The molecule has 0 bridgehead atoms. The van der Waals surface area contributed by atoms with Gasteiger partial charge in [0.25, 0.3) is 0 Å². The van der Waals surface area contributed by atoms with Crippen molar-refractivity contribution in [2.75, 3.05) is 13.1 Å². The van der Waals surface area contributed by atoms with Gasteiger partial charge in [-0.1, -0.05) is 27.2 Å². The van der Waals surface area contributed by atoms with Gasteiger partial charge in [0.05, 0.1) is 0 Å². The molecule has 0 aromatic carbocycles. The van der Waals surface area contributed by atoms with E-state index in [1.165, 1.54) is 0 Å². The van der Waals surface area contributed by atoms with Crippen LogP contribution in [0.5, 0.6) is 0 Å². The number of rotatable bonds is 6. The minimum atomic E-state index is 0.631. The summed E-state index contributed by atoms with van der Waals surface area (Å²) < 4.78 is 0. The Balaban J connectivity index is 3.58. The van der Waals surface area contributed by atoms with E-state index < -0.39 is 0 Å². The van der Waals surface area contributed by atoms with Crippen LogP contribution in [-0.4, -0.2) is 24.4 Å². The predicted octanol–water partition coefficient (Wildman–Crippen LogP) is 1.90. The predicted molar refractivity (Wildman–Crippen MR) is 47.4 cm³/mol. The van der Waals surface area contributed by atoms with Gasteiger partial charge in [0.1, 0.15) is 0 Å². The van der Waals surface area contributed by atoms with Crippen molar-refractivity contribution in [3.8, 4) is 0 Å². The molecule has 11 heavy (non-hydrogen) atoms. The monoisotopic (exact) mass is 157 g/mol. The molecule has 0 N–H and O–H groups in total. The summed E-state index contributed by atoms with van der Waals surface area (Å²) in [5, 5.41) is 0. The zero-order valence-electron chi connectivity index (χ0n) is 7.84. The molecule has 1 amide bonds. The molecule has 0 aromatic rings. The van der Waals surface area contributed by atoms with Gasteiger partial charge in [-0.05, 0) is 12.3 Å². The lowest BCUT2D eigenvalue weighted by atomic mass is 10.1. The Bertz CT molecular complexity index is 104. The smallest absolute Gasteiger partial charge is 0.209 e. The first-order valence-corrected chi connectivity index (χ1v) is 4.43. The van der Waals surface area contributed by atoms with E-state index in [4.69, 9.17) is 0 Å². The molecule has 1 unspecified atom stereocenters. The van der Waals surface area contributed by atoms with E-state index >= 15 is 0 Å². The highest BCUT2D eigenvalue weighted by molar-refractivity contribution is 5.46. The molecule has 0 spiro atoms. The summed E-state index contributed by atoms with van der Waals surface area (Å²) in [7, 11) is 0. The fourth-order valence-corrected chi connectivity index (χ4v) is 1.00. The van der Waals surface area contributed by atoms with E-state index in [-0.39, 0.29) is 0 Å². The molecule has 0 aliphatic carbocycles. The Labute approximate surface area is 69.6 Å². The summed E-state index contributed by atoms with van der Waals surface area (Å²) in [6.45, 7) is 8.22. The highest BCUT2D eigenvalue weighted by atomic mass is 16.1. The Morgan fingerprint density at radius 2 is 2.09 bits per heavy atom. The van der Waals surface area contributed by atoms with E-state index in [0.29, 0.717) is 5.92 Å². The first kappa shape index (κ1) is 10.5. The number of nitrogens with zero attached hydrogens (tertiary/aromatic N) is 1. The number of carbonyl (C=O) groups is 1. The van der Waals surface area contributed by atoms with Crippen molar-refractivity contribution in [1.82, 2.24) is 4.90 Å². The molecule has 0 aliphatic rings. The summed E-state index contributed by atoms with van der Waals surface area (Å²) in [6.07, 6.45) is 3.15. The molecule has 0 fully saturated rings. The molecule has 0 aromatic heterocycles. The molecule has 2 nitrogen and oxygen atoms in total. The van der Waals surface area contributed by atoms with Crippen LogP contribution in [0, 0.1) is 5.92 Å². The highest BCUT2D eigenvalue weighted by Gasteiger charge is 2.04. The van der Waals surface area contributed by atoms with Crippen LogP contribution in [0.4, 0.5) is 0 Å². The topological polar surface area (TPSA) is 20.3 Å². The van der Waals surface area contributed by atoms with E-state index in [1.54, 1.807) is 0 Å². The molecular weight excluding hydrogens is 138 g/mol. The molecule has 1 atom stereocenters. The molecule has 66 valence electrons. The number of hydrogen-bond donors (Lipinski definition) is 0. The third kappa shape index (κ3) is 4.82. The average molecular weight is 157 g/mol. The summed E-state index contributed by atoms with van der Waals surface area (Å²) in [6, 6.07) is 0. The van der Waals surface area contributed by atoms with Crippen molar-refractivity contribution in [3.05, 3.63) is 0 Å². The van der Waals surface area contributed by atoms with Crippen molar-refractivity contribution in [1.29, 1.82) is 0 Å². The first-order valence-electron chi connectivity index (χ1n) is 4.43. The Morgan fingerprint density at radius 1 is 1.45 bits per heavy atom. The van der Waals surface area contributed by atoms with Crippen molar-refractivity contribution >= 4 is 6.41 Å². The Kier molecular flexibility index (Phi) is 5.90. The average Bonchev–Trinajstić information content (AvgIpc) is 2.03. The number of carbonyl (C=O) groups excluding carboxylic acids is 1. The Hall–Kier alpha value is -0.530. The van der Waals surface area contributed by atoms with E-state index in [1.807, 2.05) is 4.90 Å². The van der Waals surface area contributed by atoms with Crippen LogP contribution >= 0.6 is 0 Å². The lowest BCUT2D eigenvalue weighted by Gasteiger charge is -2.19. The standard InChI is InChI=1S/C9H19NO/c1-4-6-10(8-11)7-9(3)5-2/h8-9H,4-7H2,1-3H3. The third-order valence-electron chi connectivity index (χ3n) is 1.90. The second-order valence-corrected chi connectivity index (χ2v) is 3.11. The van der Waals surface area contributed by atoms with Crippen molar-refractivity contribution in [3.63, 3.8) is 0 Å². The fraction of sp³-hybridized carbons (Fsp3) is 0.889. The molecule has 0 aliphatic heterocycles. The second-order valence-electron chi connectivity index (χ2n) is 3.11. The van der Waals surface area contributed by atoms with E-state index in [9.17, 15) is 4.79 Å². The van der Waals surface area contributed by atoms with Gasteiger partial charge in [-0.3, -0.25) is 4.79 Å². The zero-order chi connectivity index (χ0) is 8.69. The van der Waals surface area contributed by atoms with Crippen LogP contribution in [0.2, 0.25) is 0 Å². The maximum atomic E-state index is 10.5. The largest absolute Gasteiger partial charge is 0.345 e. The first-order chi connectivity index (χ1) is 5.24. The summed E-state index contributed by atoms with van der Waals surface area (Å²) in [5.41, 5.74) is 0. The van der Waals surface area contributed by atoms with E-state index in [0.717, 1.165) is 32.3 Å². The van der Waals surface area contributed by atoms with Crippen LogP contribution in [-0.2, 0) is 4.79 Å². The number of amides is 1. The lowest BCUT2D eigenvalue weighted by molar-refractivity contribution is -0.118. The number of hydrogen-bond acceptors (Lipinski definition) is 1. The molecular formula is C9H19NO. The molecule has 0 radical (unpaired) electrons. The summed E-state index contributed by atoms with van der Waals surface area (Å²) in [5.74, 6) is 0.631. The quantitative estimate of drug-likeness (QED) is 0.539.